The zero-order valence-electron chi connectivity index (χ0n) is 13.5. The monoisotopic (exact) mass is 343 g/mol. The number of hydrogen-bond donors (Lipinski definition) is 2. The number of nitrogens with one attached hydrogen (secondary N) is 2. The van der Waals surface area contributed by atoms with E-state index in [4.69, 9.17) is 4.74 Å². The van der Waals surface area contributed by atoms with Crippen LogP contribution in [0.5, 0.6) is 5.75 Å². The summed E-state index contributed by atoms with van der Waals surface area (Å²) in [6.45, 7) is 3.61. The van der Waals surface area contributed by atoms with Crippen LogP contribution < -0.4 is 15.4 Å². The van der Waals surface area contributed by atoms with E-state index in [0.29, 0.717) is 23.8 Å². The first-order valence-electron chi connectivity index (χ1n) is 7.59. The minimum absolute atomic E-state index is 0.258. The van der Waals surface area contributed by atoms with Gasteiger partial charge in [-0.15, -0.1) is 13.2 Å². The lowest BCUT2D eigenvalue weighted by molar-refractivity contribution is -0.274. The highest BCUT2D eigenvalue weighted by molar-refractivity contribution is 5.81. The van der Waals surface area contributed by atoms with E-state index in [1.54, 1.807) is 7.05 Å². The molecule has 0 bridgehead atoms. The molecule has 0 atom stereocenters. The van der Waals surface area contributed by atoms with E-state index in [1.165, 1.54) is 24.3 Å². The molecule has 2 N–H and O–H groups in total. The smallest absolute Gasteiger partial charge is 0.426 e. The Bertz CT molecular complexity index is 594. The Morgan fingerprint density at radius 1 is 1.33 bits per heavy atom. The van der Waals surface area contributed by atoms with Gasteiger partial charge in [0, 0.05) is 25.7 Å². The van der Waals surface area contributed by atoms with Gasteiger partial charge in [-0.25, -0.2) is 4.99 Å². The predicted octanol–water partition coefficient (Wildman–Crippen LogP) is 2.90. The average molecular weight is 343 g/mol. The summed E-state index contributed by atoms with van der Waals surface area (Å²) >= 11 is 0. The molecule has 1 saturated heterocycles. The third-order valence-electron chi connectivity index (χ3n) is 3.28. The lowest BCUT2D eigenvalue weighted by Gasteiger charge is -2.29. The molecule has 132 valence electrons. The fraction of sp³-hybridized carbons (Fsp3) is 0.438. The Morgan fingerprint density at radius 2 is 2.00 bits per heavy atom. The van der Waals surface area contributed by atoms with E-state index in [-0.39, 0.29) is 11.8 Å². The number of hydrogen-bond acceptors (Lipinski definition) is 4. The summed E-state index contributed by atoms with van der Waals surface area (Å²) in [6, 6.07) is 6.16. The normalized spacial score (nSPS) is 16.5. The zero-order valence-corrected chi connectivity index (χ0v) is 13.5. The Hall–Kier alpha value is -2.22. The predicted molar refractivity (Wildman–Crippen MR) is 85.6 cm³/mol. The van der Waals surface area contributed by atoms with Gasteiger partial charge >= 0.3 is 6.36 Å². The molecular weight excluding hydrogens is 323 g/mol. The van der Waals surface area contributed by atoms with E-state index in [9.17, 15) is 13.2 Å². The summed E-state index contributed by atoms with van der Waals surface area (Å²) < 4.78 is 46.3. The van der Waals surface area contributed by atoms with Crippen LogP contribution in [-0.4, -0.2) is 38.6 Å². The van der Waals surface area contributed by atoms with Crippen molar-refractivity contribution in [1.82, 2.24) is 10.6 Å². The van der Waals surface area contributed by atoms with Gasteiger partial charge in [0.25, 0.3) is 6.02 Å². The molecule has 1 aliphatic rings. The van der Waals surface area contributed by atoms with E-state index in [1.807, 2.05) is 13.0 Å². The van der Waals surface area contributed by atoms with Crippen LogP contribution in [0.15, 0.2) is 35.3 Å². The molecular formula is C16H20F3N3O2. The average Bonchev–Trinajstić information content (AvgIpc) is 2.48. The van der Waals surface area contributed by atoms with Gasteiger partial charge in [-0.2, -0.15) is 0 Å². The minimum atomic E-state index is -4.71. The number of rotatable bonds is 5. The van der Waals surface area contributed by atoms with E-state index in [2.05, 4.69) is 20.4 Å². The highest BCUT2D eigenvalue weighted by Gasteiger charge is 2.31. The number of allylic oxidation sites excluding steroid dienone is 1. The van der Waals surface area contributed by atoms with Crippen LogP contribution in [-0.2, 0) is 4.74 Å². The highest BCUT2D eigenvalue weighted by atomic mass is 19.4. The lowest BCUT2D eigenvalue weighted by Crippen LogP contribution is -2.57. The van der Waals surface area contributed by atoms with Crippen molar-refractivity contribution in [2.75, 3.05) is 20.1 Å². The Balaban J connectivity index is 2.07. The zero-order chi connectivity index (χ0) is 17.6. The second-order valence-electron chi connectivity index (χ2n) is 5.18. The molecule has 0 saturated carbocycles. The van der Waals surface area contributed by atoms with Gasteiger partial charge in [-0.3, -0.25) is 0 Å². The molecule has 0 unspecified atom stereocenters. The van der Waals surface area contributed by atoms with Crippen LogP contribution in [0.1, 0.15) is 18.9 Å². The summed E-state index contributed by atoms with van der Waals surface area (Å²) in [5, 5.41) is 6.29. The van der Waals surface area contributed by atoms with Gasteiger partial charge in [0.15, 0.2) is 0 Å². The summed E-state index contributed by atoms with van der Waals surface area (Å²) in [5.41, 5.74) is 0.640. The number of nitrogens with zero attached hydrogens (tertiary/aromatic N) is 1. The number of amidine groups is 1. The third kappa shape index (κ3) is 5.45. The SMILES string of the molecule is CC/C=C(/OC(=NC)NC1CNC1)c1ccc(OC(F)(F)F)cc1. The minimum Gasteiger partial charge on any atom is -0.426 e. The third-order valence-corrected chi connectivity index (χ3v) is 3.28. The molecule has 0 spiro atoms. The molecule has 1 fully saturated rings. The van der Waals surface area contributed by atoms with Gasteiger partial charge in [0.05, 0.1) is 6.04 Å². The highest BCUT2D eigenvalue weighted by Crippen LogP contribution is 2.25. The molecule has 0 radical (unpaired) electrons. The lowest BCUT2D eigenvalue weighted by atomic mass is 10.1. The molecule has 0 aromatic heterocycles. The van der Waals surface area contributed by atoms with Crippen LogP contribution in [0.25, 0.3) is 5.76 Å². The second kappa shape index (κ2) is 8.05. The van der Waals surface area contributed by atoms with Gasteiger partial charge in [0.1, 0.15) is 11.5 Å². The molecule has 24 heavy (non-hydrogen) atoms. The van der Waals surface area contributed by atoms with Crippen molar-refractivity contribution in [3.05, 3.63) is 35.9 Å². The Kier molecular flexibility index (Phi) is 6.08. The van der Waals surface area contributed by atoms with Gasteiger partial charge < -0.3 is 20.1 Å². The molecule has 1 aromatic rings. The van der Waals surface area contributed by atoms with Crippen molar-refractivity contribution in [2.45, 2.75) is 25.7 Å². The number of aliphatic imine (C=N–C) groups is 1. The number of alkyl halides is 3. The fourth-order valence-electron chi connectivity index (χ4n) is 2.03. The van der Waals surface area contributed by atoms with Crippen LogP contribution in [0.2, 0.25) is 0 Å². The van der Waals surface area contributed by atoms with Crippen molar-refractivity contribution in [3.8, 4) is 5.75 Å². The van der Waals surface area contributed by atoms with Crippen molar-refractivity contribution in [2.24, 2.45) is 4.99 Å². The standard InChI is InChI=1S/C16H20F3N3O2/c1-3-4-14(23-15(20-2)22-12-9-21-10-12)11-5-7-13(8-6-11)24-16(17,18)19/h4-8,12,21H,3,9-10H2,1-2H3,(H,20,22)/b14-4+. The molecule has 5 nitrogen and oxygen atoms in total. The molecule has 0 amide bonds. The topological polar surface area (TPSA) is 54.9 Å². The van der Waals surface area contributed by atoms with Crippen molar-refractivity contribution in [1.29, 1.82) is 0 Å². The second-order valence-corrected chi connectivity index (χ2v) is 5.18. The largest absolute Gasteiger partial charge is 0.573 e. The first-order valence-corrected chi connectivity index (χ1v) is 7.59. The van der Waals surface area contributed by atoms with E-state index in [0.717, 1.165) is 13.1 Å². The Labute approximate surface area is 138 Å². The van der Waals surface area contributed by atoms with Crippen molar-refractivity contribution >= 4 is 11.8 Å². The molecule has 2 rings (SSSR count). The van der Waals surface area contributed by atoms with Crippen LogP contribution in [0.3, 0.4) is 0 Å². The molecule has 1 aliphatic heterocycles. The van der Waals surface area contributed by atoms with Gasteiger partial charge in [0.2, 0.25) is 0 Å². The molecule has 8 heteroatoms. The molecule has 0 aliphatic carbocycles. The van der Waals surface area contributed by atoms with E-state index >= 15 is 0 Å². The molecule has 1 heterocycles. The summed E-state index contributed by atoms with van der Waals surface area (Å²) in [4.78, 5) is 4.06. The quantitative estimate of drug-likeness (QED) is 0.490. The number of ether oxygens (including phenoxy) is 2. The van der Waals surface area contributed by atoms with E-state index < -0.39 is 6.36 Å². The maximum absolute atomic E-state index is 12.2. The maximum Gasteiger partial charge on any atom is 0.573 e. The first kappa shape index (κ1) is 18.1. The van der Waals surface area contributed by atoms with Crippen molar-refractivity contribution < 1.29 is 22.6 Å². The number of halogens is 3. The summed E-state index contributed by atoms with van der Waals surface area (Å²) in [6.07, 6.45) is -2.16. The Morgan fingerprint density at radius 3 is 2.46 bits per heavy atom. The summed E-state index contributed by atoms with van der Waals surface area (Å²) in [7, 11) is 1.61. The van der Waals surface area contributed by atoms with Crippen molar-refractivity contribution in [3.63, 3.8) is 0 Å². The van der Waals surface area contributed by atoms with Gasteiger partial charge in [-0.05, 0) is 36.8 Å². The summed E-state index contributed by atoms with van der Waals surface area (Å²) in [5.74, 6) is 0.251. The molecule has 1 aromatic carbocycles. The van der Waals surface area contributed by atoms with Crippen LogP contribution >= 0.6 is 0 Å². The number of benzene rings is 1. The van der Waals surface area contributed by atoms with Crippen LogP contribution in [0.4, 0.5) is 13.2 Å². The first-order chi connectivity index (χ1) is 11.4. The van der Waals surface area contributed by atoms with Crippen LogP contribution in [0, 0.1) is 0 Å². The van der Waals surface area contributed by atoms with Gasteiger partial charge in [-0.1, -0.05) is 6.92 Å². The fourth-order valence-corrected chi connectivity index (χ4v) is 2.03. The maximum atomic E-state index is 12.2.